The lowest BCUT2D eigenvalue weighted by Gasteiger charge is -2.20. The molecule has 4 rings (SSSR count). The van der Waals surface area contributed by atoms with Crippen LogP contribution in [0, 0.1) is 0 Å². The van der Waals surface area contributed by atoms with Crippen LogP contribution in [0.3, 0.4) is 0 Å². The topological polar surface area (TPSA) is 113 Å². The van der Waals surface area contributed by atoms with Gasteiger partial charge in [0.15, 0.2) is 5.76 Å². The number of benzene rings is 1. The van der Waals surface area contributed by atoms with E-state index in [9.17, 15) is 0 Å². The number of carboxylic acid groups (broad SMARTS) is 2. The Morgan fingerprint density at radius 3 is 2.52 bits per heavy atom. The summed E-state index contributed by atoms with van der Waals surface area (Å²) in [7, 11) is 0. The summed E-state index contributed by atoms with van der Waals surface area (Å²) in [5.41, 5.74) is 3.37. The standard InChI is InChI=1S/C16H16N2O.C2H2O4/c1-2-4-11(5-3-1)16-10-15(18-19-16)13-8-6-12-7-9-14(13)17-12;3-1(4)2(5)6/h1-5,8,10,12,14,17H,6-7,9H2;(H,3,4)(H,5,6). The fourth-order valence-corrected chi connectivity index (χ4v) is 3.09. The summed E-state index contributed by atoms with van der Waals surface area (Å²) in [4.78, 5) is 18.2. The molecule has 2 aliphatic rings. The van der Waals surface area contributed by atoms with E-state index in [2.05, 4.69) is 22.6 Å². The van der Waals surface area contributed by atoms with Crippen molar-refractivity contribution >= 4 is 17.5 Å². The Kier molecular flexibility index (Phi) is 4.95. The van der Waals surface area contributed by atoms with Crippen LogP contribution in [0.25, 0.3) is 16.9 Å². The number of hydrogen-bond donors (Lipinski definition) is 3. The lowest BCUT2D eigenvalue weighted by Crippen LogP contribution is -2.33. The normalized spacial score (nSPS) is 21.0. The molecule has 2 bridgehead atoms. The summed E-state index contributed by atoms with van der Waals surface area (Å²) >= 11 is 0. The molecule has 2 aliphatic heterocycles. The molecule has 0 spiro atoms. The quantitative estimate of drug-likeness (QED) is 0.718. The van der Waals surface area contributed by atoms with Crippen molar-refractivity contribution in [2.45, 2.75) is 31.3 Å². The summed E-state index contributed by atoms with van der Waals surface area (Å²) in [6, 6.07) is 13.3. The smallest absolute Gasteiger partial charge is 0.414 e. The van der Waals surface area contributed by atoms with Gasteiger partial charge in [0.2, 0.25) is 0 Å². The third-order valence-electron chi connectivity index (χ3n) is 4.29. The second-order valence-electron chi connectivity index (χ2n) is 5.94. The molecule has 2 aromatic rings. The maximum Gasteiger partial charge on any atom is 0.414 e. The Hall–Kier alpha value is -2.93. The molecule has 130 valence electrons. The third-order valence-corrected chi connectivity index (χ3v) is 4.29. The molecule has 1 aromatic heterocycles. The zero-order chi connectivity index (χ0) is 17.8. The number of fused-ring (bicyclic) bond motifs is 2. The Labute approximate surface area is 144 Å². The average molecular weight is 342 g/mol. The summed E-state index contributed by atoms with van der Waals surface area (Å²) in [6.45, 7) is 0. The number of carboxylic acids is 2. The number of rotatable bonds is 2. The van der Waals surface area contributed by atoms with Gasteiger partial charge in [0, 0.05) is 23.7 Å². The largest absolute Gasteiger partial charge is 0.473 e. The molecule has 7 heteroatoms. The summed E-state index contributed by atoms with van der Waals surface area (Å²) in [5, 5.41) is 22.7. The molecule has 2 atom stereocenters. The maximum atomic E-state index is 9.10. The zero-order valence-corrected chi connectivity index (χ0v) is 13.4. The zero-order valence-electron chi connectivity index (χ0n) is 13.4. The Morgan fingerprint density at radius 1 is 1.12 bits per heavy atom. The van der Waals surface area contributed by atoms with Gasteiger partial charge in [0.1, 0.15) is 5.69 Å². The molecule has 0 amide bonds. The highest BCUT2D eigenvalue weighted by Crippen LogP contribution is 2.33. The van der Waals surface area contributed by atoms with Crippen molar-refractivity contribution in [1.82, 2.24) is 10.5 Å². The lowest BCUT2D eigenvalue weighted by atomic mass is 10.00. The molecule has 3 N–H and O–H groups in total. The van der Waals surface area contributed by atoms with Gasteiger partial charge >= 0.3 is 11.9 Å². The van der Waals surface area contributed by atoms with Gasteiger partial charge in [-0.3, -0.25) is 0 Å². The van der Waals surface area contributed by atoms with Crippen LogP contribution in [0.2, 0.25) is 0 Å². The molecule has 1 saturated heterocycles. The number of aliphatic carboxylic acids is 2. The molecule has 0 saturated carbocycles. The van der Waals surface area contributed by atoms with E-state index in [0.717, 1.165) is 23.4 Å². The van der Waals surface area contributed by atoms with Crippen LogP contribution in [0.15, 0.2) is 47.0 Å². The van der Waals surface area contributed by atoms with Gasteiger partial charge in [0.05, 0.1) is 0 Å². The molecule has 1 fully saturated rings. The van der Waals surface area contributed by atoms with E-state index < -0.39 is 11.9 Å². The molecule has 1 aromatic carbocycles. The number of nitrogens with one attached hydrogen (secondary N) is 1. The first-order valence-electron chi connectivity index (χ1n) is 7.99. The maximum absolute atomic E-state index is 9.10. The van der Waals surface area contributed by atoms with Gasteiger partial charge in [0.25, 0.3) is 0 Å². The third kappa shape index (κ3) is 3.95. The molecular formula is C18H18N2O5. The van der Waals surface area contributed by atoms with Crippen LogP contribution in [0.4, 0.5) is 0 Å². The van der Waals surface area contributed by atoms with E-state index in [0.29, 0.717) is 12.1 Å². The van der Waals surface area contributed by atoms with E-state index >= 15 is 0 Å². The van der Waals surface area contributed by atoms with Gasteiger partial charge in [-0.2, -0.15) is 0 Å². The van der Waals surface area contributed by atoms with E-state index in [1.54, 1.807) is 0 Å². The van der Waals surface area contributed by atoms with Crippen LogP contribution in [0.5, 0.6) is 0 Å². The van der Waals surface area contributed by atoms with Gasteiger partial charge in [-0.1, -0.05) is 41.6 Å². The highest BCUT2D eigenvalue weighted by molar-refractivity contribution is 6.27. The molecule has 7 nitrogen and oxygen atoms in total. The van der Waals surface area contributed by atoms with Gasteiger partial charge in [-0.25, -0.2) is 9.59 Å². The number of hydrogen-bond acceptors (Lipinski definition) is 5. The Morgan fingerprint density at radius 2 is 1.84 bits per heavy atom. The van der Waals surface area contributed by atoms with Crippen molar-refractivity contribution in [1.29, 1.82) is 0 Å². The van der Waals surface area contributed by atoms with Crippen LogP contribution < -0.4 is 5.32 Å². The first-order chi connectivity index (χ1) is 12.0. The van der Waals surface area contributed by atoms with Crippen LogP contribution >= 0.6 is 0 Å². The van der Waals surface area contributed by atoms with E-state index in [-0.39, 0.29) is 0 Å². The van der Waals surface area contributed by atoms with Crippen molar-refractivity contribution in [3.63, 3.8) is 0 Å². The predicted octanol–water partition coefficient (Wildman–Crippen LogP) is 2.40. The Balaban J connectivity index is 0.000000265. The lowest BCUT2D eigenvalue weighted by molar-refractivity contribution is -0.159. The van der Waals surface area contributed by atoms with Gasteiger partial charge in [-0.15, -0.1) is 0 Å². The number of nitrogens with zero attached hydrogens (tertiary/aromatic N) is 1. The van der Waals surface area contributed by atoms with E-state index in [4.69, 9.17) is 24.3 Å². The van der Waals surface area contributed by atoms with Crippen molar-refractivity contribution in [3.05, 3.63) is 48.2 Å². The summed E-state index contributed by atoms with van der Waals surface area (Å²) in [6.07, 6.45) is 5.92. The van der Waals surface area contributed by atoms with Crippen molar-refractivity contribution in [2.24, 2.45) is 0 Å². The molecule has 2 unspecified atom stereocenters. The second-order valence-corrected chi connectivity index (χ2v) is 5.94. The first-order valence-corrected chi connectivity index (χ1v) is 7.99. The Bertz CT molecular complexity index is 785. The molecule has 3 heterocycles. The summed E-state index contributed by atoms with van der Waals surface area (Å²) < 4.78 is 5.49. The molecule has 0 aliphatic carbocycles. The monoisotopic (exact) mass is 342 g/mol. The van der Waals surface area contributed by atoms with E-state index in [1.807, 2.05) is 30.3 Å². The average Bonchev–Trinajstić information content (AvgIpc) is 3.24. The van der Waals surface area contributed by atoms with E-state index in [1.165, 1.54) is 18.4 Å². The number of carbonyl (C=O) groups is 2. The fraction of sp³-hybridized carbons (Fsp3) is 0.278. The minimum Gasteiger partial charge on any atom is -0.473 e. The van der Waals surface area contributed by atoms with Gasteiger partial charge < -0.3 is 20.1 Å². The van der Waals surface area contributed by atoms with Gasteiger partial charge in [-0.05, 0) is 24.8 Å². The van der Waals surface area contributed by atoms with Crippen molar-refractivity contribution in [3.8, 4) is 11.3 Å². The SMILES string of the molecule is C1=C(c2cc(-c3ccccc3)on2)C2CCC(C1)N2.O=C(O)C(=O)O. The van der Waals surface area contributed by atoms with Crippen LogP contribution in [0.1, 0.15) is 25.0 Å². The fourth-order valence-electron chi connectivity index (χ4n) is 3.09. The van der Waals surface area contributed by atoms with Crippen molar-refractivity contribution in [2.75, 3.05) is 0 Å². The first kappa shape index (κ1) is 16.9. The number of aromatic nitrogens is 1. The highest BCUT2D eigenvalue weighted by Gasteiger charge is 2.31. The predicted molar refractivity (Wildman–Crippen MR) is 89.8 cm³/mol. The summed E-state index contributed by atoms with van der Waals surface area (Å²) in [5.74, 6) is -2.80. The minimum absolute atomic E-state index is 0.465. The van der Waals surface area contributed by atoms with Crippen LogP contribution in [-0.4, -0.2) is 39.4 Å². The molecule has 25 heavy (non-hydrogen) atoms. The second kappa shape index (κ2) is 7.31. The highest BCUT2D eigenvalue weighted by atomic mass is 16.5. The molecule has 0 radical (unpaired) electrons. The van der Waals surface area contributed by atoms with Crippen molar-refractivity contribution < 1.29 is 24.3 Å². The molecular weight excluding hydrogens is 324 g/mol. The van der Waals surface area contributed by atoms with Crippen LogP contribution in [-0.2, 0) is 9.59 Å². The minimum atomic E-state index is -1.82.